The van der Waals surface area contributed by atoms with Crippen LogP contribution in [0.3, 0.4) is 0 Å². The van der Waals surface area contributed by atoms with Crippen LogP contribution < -0.4 is 33.2 Å². The number of hydrogen-bond donors (Lipinski definition) is 7. The van der Waals surface area contributed by atoms with E-state index in [0.717, 1.165) is 6.42 Å². The van der Waals surface area contributed by atoms with Gasteiger partial charge in [0, 0.05) is 0 Å². The number of hydrogen-bond acceptors (Lipinski definition) is 7. The predicted octanol–water partition coefficient (Wildman–Crippen LogP) is -2.24. The first-order valence-corrected chi connectivity index (χ1v) is 9.48. The lowest BCUT2D eigenvalue weighted by Crippen LogP contribution is -2.55. The Morgan fingerprint density at radius 1 is 0.857 bits per heavy atom. The van der Waals surface area contributed by atoms with Gasteiger partial charge < -0.3 is 38.3 Å². The minimum atomic E-state index is -1.19. The average molecular weight is 402 g/mol. The van der Waals surface area contributed by atoms with E-state index in [0.29, 0.717) is 45.2 Å². The van der Waals surface area contributed by atoms with E-state index in [1.165, 1.54) is 6.92 Å². The molecule has 0 fully saturated rings. The Morgan fingerprint density at radius 3 is 1.96 bits per heavy atom. The van der Waals surface area contributed by atoms with Gasteiger partial charge in [-0.3, -0.25) is 19.2 Å². The van der Waals surface area contributed by atoms with Crippen LogP contribution in [0.4, 0.5) is 0 Å². The molecule has 0 bridgehead atoms. The van der Waals surface area contributed by atoms with E-state index >= 15 is 0 Å². The quantitative estimate of drug-likeness (QED) is 0.149. The fourth-order valence-corrected chi connectivity index (χ4v) is 2.38. The van der Waals surface area contributed by atoms with Gasteiger partial charge in [-0.05, 0) is 52.1 Å². The van der Waals surface area contributed by atoms with Gasteiger partial charge in [0.05, 0.1) is 6.04 Å². The summed E-state index contributed by atoms with van der Waals surface area (Å²) in [6.45, 7) is 1.84. The van der Waals surface area contributed by atoms with Gasteiger partial charge in [0.1, 0.15) is 18.6 Å². The number of rotatable bonds is 15. The molecular formula is C17H34N6O5. The molecule has 0 saturated carbocycles. The first-order chi connectivity index (χ1) is 13.2. The summed E-state index contributed by atoms with van der Waals surface area (Å²) in [6, 6.07) is -2.58. The van der Waals surface area contributed by atoms with Crippen molar-refractivity contribution < 1.29 is 24.3 Å². The monoisotopic (exact) mass is 402 g/mol. The number of carboxylic acids is 1. The summed E-state index contributed by atoms with van der Waals surface area (Å²) in [6.07, 6.45) is 3.54. The molecule has 0 radical (unpaired) electrons. The van der Waals surface area contributed by atoms with Crippen LogP contribution in [0, 0.1) is 0 Å². The van der Waals surface area contributed by atoms with E-state index in [4.69, 9.17) is 22.3 Å². The van der Waals surface area contributed by atoms with E-state index in [-0.39, 0.29) is 0 Å². The van der Waals surface area contributed by atoms with Crippen LogP contribution in [0.5, 0.6) is 0 Å². The number of carboxylic acid groups (broad SMARTS) is 1. The molecule has 3 atom stereocenters. The second-order valence-electron chi connectivity index (χ2n) is 6.58. The minimum absolute atomic E-state index is 0.341. The predicted molar refractivity (Wildman–Crippen MR) is 104 cm³/mol. The Kier molecular flexibility index (Phi) is 13.6. The zero-order valence-corrected chi connectivity index (χ0v) is 16.4. The molecule has 0 rings (SSSR count). The lowest BCUT2D eigenvalue weighted by atomic mass is 10.1. The lowest BCUT2D eigenvalue weighted by molar-refractivity contribution is -0.138. The number of unbranched alkanes of at least 4 members (excludes halogenated alkanes) is 2. The summed E-state index contributed by atoms with van der Waals surface area (Å²) in [5.74, 6) is -2.82. The van der Waals surface area contributed by atoms with E-state index < -0.39 is 48.4 Å². The summed E-state index contributed by atoms with van der Waals surface area (Å²) in [7, 11) is 0. The molecule has 28 heavy (non-hydrogen) atoms. The van der Waals surface area contributed by atoms with Crippen molar-refractivity contribution in [3.8, 4) is 0 Å². The topological polar surface area (TPSA) is 203 Å². The molecular weight excluding hydrogens is 368 g/mol. The Balaban J connectivity index is 4.78. The van der Waals surface area contributed by atoms with Gasteiger partial charge in [-0.1, -0.05) is 6.42 Å². The Hall–Kier alpha value is -2.24. The number of carbonyl (C=O) groups excluding carboxylic acids is 3. The summed E-state index contributed by atoms with van der Waals surface area (Å²) >= 11 is 0. The van der Waals surface area contributed by atoms with Crippen molar-refractivity contribution in [2.45, 2.75) is 63.6 Å². The van der Waals surface area contributed by atoms with Crippen LogP contribution in [-0.2, 0) is 19.2 Å². The van der Waals surface area contributed by atoms with Crippen molar-refractivity contribution in [1.29, 1.82) is 0 Å². The van der Waals surface area contributed by atoms with Crippen LogP contribution >= 0.6 is 0 Å². The van der Waals surface area contributed by atoms with Crippen molar-refractivity contribution in [3.63, 3.8) is 0 Å². The van der Waals surface area contributed by atoms with Crippen LogP contribution in [-0.4, -0.2) is 66.6 Å². The molecule has 0 aliphatic rings. The van der Waals surface area contributed by atoms with Crippen molar-refractivity contribution in [1.82, 2.24) is 16.0 Å². The molecule has 0 saturated heterocycles. The molecule has 0 aliphatic heterocycles. The average Bonchev–Trinajstić information content (AvgIpc) is 2.65. The number of amides is 3. The van der Waals surface area contributed by atoms with Gasteiger partial charge in [0.25, 0.3) is 0 Å². The zero-order chi connectivity index (χ0) is 21.5. The Bertz CT molecular complexity index is 516. The fourth-order valence-electron chi connectivity index (χ4n) is 2.38. The summed E-state index contributed by atoms with van der Waals surface area (Å²) in [5.41, 5.74) is 16.7. The Labute approximate surface area is 165 Å². The van der Waals surface area contributed by atoms with Gasteiger partial charge in [-0.15, -0.1) is 0 Å². The maximum Gasteiger partial charge on any atom is 0.322 e. The molecule has 10 N–H and O–H groups in total. The third kappa shape index (κ3) is 11.5. The van der Waals surface area contributed by atoms with Gasteiger partial charge in [-0.2, -0.15) is 0 Å². The number of nitrogens with one attached hydrogen (secondary N) is 3. The smallest absolute Gasteiger partial charge is 0.322 e. The maximum absolute atomic E-state index is 12.5. The largest absolute Gasteiger partial charge is 0.480 e. The van der Waals surface area contributed by atoms with Crippen molar-refractivity contribution in [3.05, 3.63) is 0 Å². The SMILES string of the molecule is CC(NC(=O)C(CCCCN)NC(=O)C(N)CCCCN)C(=O)NCC(=O)O. The van der Waals surface area contributed by atoms with Gasteiger partial charge in [0.2, 0.25) is 17.7 Å². The molecule has 0 aliphatic carbocycles. The van der Waals surface area contributed by atoms with Crippen LogP contribution in [0.2, 0.25) is 0 Å². The highest BCUT2D eigenvalue weighted by molar-refractivity contribution is 5.93. The molecule has 3 amide bonds. The number of aliphatic carboxylic acids is 1. The highest BCUT2D eigenvalue weighted by Crippen LogP contribution is 2.04. The van der Waals surface area contributed by atoms with Gasteiger partial charge in [-0.25, -0.2) is 0 Å². The van der Waals surface area contributed by atoms with Crippen LogP contribution in [0.1, 0.15) is 45.4 Å². The standard InChI is InChI=1S/C17H34N6O5/c1-11(15(26)21-10-14(24)25)22-17(28)13(7-3-5-9-19)23-16(27)12(20)6-2-4-8-18/h11-13H,2-10,18-20H2,1H3,(H,21,26)(H,22,28)(H,23,27)(H,24,25). The van der Waals surface area contributed by atoms with Crippen molar-refractivity contribution in [2.24, 2.45) is 17.2 Å². The summed E-state index contributed by atoms with van der Waals surface area (Å²) < 4.78 is 0. The Morgan fingerprint density at radius 2 is 1.43 bits per heavy atom. The maximum atomic E-state index is 12.5. The molecule has 11 nitrogen and oxygen atoms in total. The normalized spacial score (nSPS) is 13.9. The van der Waals surface area contributed by atoms with Crippen LogP contribution in [0.15, 0.2) is 0 Å². The molecule has 0 aromatic rings. The van der Waals surface area contributed by atoms with E-state index in [9.17, 15) is 19.2 Å². The third-order valence-corrected chi connectivity index (χ3v) is 4.05. The van der Waals surface area contributed by atoms with Crippen molar-refractivity contribution in [2.75, 3.05) is 19.6 Å². The number of carbonyl (C=O) groups is 4. The summed E-state index contributed by atoms with van der Waals surface area (Å²) in [4.78, 5) is 47.1. The molecule has 3 unspecified atom stereocenters. The molecule has 0 aromatic heterocycles. The first kappa shape index (κ1) is 25.8. The first-order valence-electron chi connectivity index (χ1n) is 9.48. The van der Waals surface area contributed by atoms with Crippen LogP contribution in [0.25, 0.3) is 0 Å². The highest BCUT2D eigenvalue weighted by atomic mass is 16.4. The molecule has 0 spiro atoms. The minimum Gasteiger partial charge on any atom is -0.480 e. The van der Waals surface area contributed by atoms with E-state index in [2.05, 4.69) is 16.0 Å². The van der Waals surface area contributed by atoms with E-state index in [1.807, 2.05) is 0 Å². The van der Waals surface area contributed by atoms with E-state index in [1.54, 1.807) is 0 Å². The second kappa shape index (κ2) is 14.8. The molecule has 162 valence electrons. The molecule has 0 heterocycles. The second-order valence-corrected chi connectivity index (χ2v) is 6.58. The lowest BCUT2D eigenvalue weighted by Gasteiger charge is -2.22. The molecule has 11 heteroatoms. The van der Waals surface area contributed by atoms with Gasteiger partial charge in [0.15, 0.2) is 0 Å². The summed E-state index contributed by atoms with van der Waals surface area (Å²) in [5, 5.41) is 15.9. The van der Waals surface area contributed by atoms with Crippen molar-refractivity contribution >= 4 is 23.7 Å². The fraction of sp³-hybridized carbons (Fsp3) is 0.765. The van der Waals surface area contributed by atoms with Gasteiger partial charge >= 0.3 is 5.97 Å². The number of nitrogens with two attached hydrogens (primary N) is 3. The zero-order valence-electron chi connectivity index (χ0n) is 16.4. The highest BCUT2D eigenvalue weighted by Gasteiger charge is 2.26. The molecule has 0 aromatic carbocycles. The third-order valence-electron chi connectivity index (χ3n) is 4.05.